The summed E-state index contributed by atoms with van der Waals surface area (Å²) in [6.45, 7) is 6.17. The maximum absolute atomic E-state index is 12.0. The minimum Gasteiger partial charge on any atom is -0.355 e. The lowest BCUT2D eigenvalue weighted by molar-refractivity contribution is -0.125. The lowest BCUT2D eigenvalue weighted by atomic mass is 9.72. The number of carbonyl (C=O) groups excluding carboxylic acids is 2. The third-order valence-corrected chi connectivity index (χ3v) is 5.03. The first-order chi connectivity index (χ1) is 11.4. The molecule has 1 rings (SSSR count). The Morgan fingerprint density at radius 2 is 2.04 bits per heavy atom. The molecule has 0 saturated carbocycles. The van der Waals surface area contributed by atoms with Crippen molar-refractivity contribution in [3.8, 4) is 12.1 Å². The lowest BCUT2D eigenvalue weighted by Crippen LogP contribution is -2.44. The van der Waals surface area contributed by atoms with Gasteiger partial charge >= 0.3 is 0 Å². The SMILES string of the molecule is CCCCCCNC(=O)CSC1=C(C#N)C(C)(C)[C@H](C#N)C(=O)N1. The molecule has 0 aromatic heterocycles. The van der Waals surface area contributed by atoms with Crippen LogP contribution in [0.4, 0.5) is 0 Å². The molecule has 7 heteroatoms. The van der Waals surface area contributed by atoms with Crippen molar-refractivity contribution < 1.29 is 9.59 Å². The minimum atomic E-state index is -0.913. The molecule has 24 heavy (non-hydrogen) atoms. The van der Waals surface area contributed by atoms with Crippen molar-refractivity contribution in [1.82, 2.24) is 10.6 Å². The largest absolute Gasteiger partial charge is 0.355 e. The summed E-state index contributed by atoms with van der Waals surface area (Å²) in [6.07, 6.45) is 4.34. The maximum atomic E-state index is 12.0. The number of hydrogen-bond donors (Lipinski definition) is 2. The zero-order chi connectivity index (χ0) is 18.2. The van der Waals surface area contributed by atoms with Gasteiger partial charge in [0.05, 0.1) is 28.5 Å². The van der Waals surface area contributed by atoms with Gasteiger partial charge in [-0.3, -0.25) is 9.59 Å². The highest BCUT2D eigenvalue weighted by Gasteiger charge is 2.44. The van der Waals surface area contributed by atoms with Crippen molar-refractivity contribution >= 4 is 23.6 Å². The van der Waals surface area contributed by atoms with Gasteiger partial charge in [-0.1, -0.05) is 51.8 Å². The fraction of sp³-hybridized carbons (Fsp3) is 0.647. The Hall–Kier alpha value is -1.99. The van der Waals surface area contributed by atoms with Crippen LogP contribution in [0.2, 0.25) is 0 Å². The van der Waals surface area contributed by atoms with E-state index in [0.29, 0.717) is 17.1 Å². The van der Waals surface area contributed by atoms with Crippen LogP contribution >= 0.6 is 11.8 Å². The minimum absolute atomic E-state index is 0.127. The van der Waals surface area contributed by atoms with Crippen molar-refractivity contribution in [1.29, 1.82) is 10.5 Å². The van der Waals surface area contributed by atoms with E-state index in [1.54, 1.807) is 13.8 Å². The van der Waals surface area contributed by atoms with Gasteiger partial charge in [-0.2, -0.15) is 10.5 Å². The predicted octanol–water partition coefficient (Wildman–Crippen LogP) is 2.45. The molecule has 0 saturated heterocycles. The number of allylic oxidation sites excluding steroid dienone is 1. The maximum Gasteiger partial charge on any atom is 0.243 e. The second-order valence-electron chi connectivity index (χ2n) is 6.29. The zero-order valence-corrected chi connectivity index (χ0v) is 15.3. The molecule has 1 heterocycles. The molecule has 1 aliphatic heterocycles. The Labute approximate surface area is 147 Å². The van der Waals surface area contributed by atoms with Crippen molar-refractivity contribution in [3.05, 3.63) is 10.6 Å². The number of unbranched alkanes of at least 4 members (excludes halogenated alkanes) is 3. The first kappa shape index (κ1) is 20.1. The summed E-state index contributed by atoms with van der Waals surface area (Å²) in [7, 11) is 0. The summed E-state index contributed by atoms with van der Waals surface area (Å²) in [4.78, 5) is 23.9. The molecule has 0 unspecified atom stereocenters. The molecule has 2 amide bonds. The molecular weight excluding hydrogens is 324 g/mol. The van der Waals surface area contributed by atoms with Crippen molar-refractivity contribution in [2.45, 2.75) is 46.5 Å². The van der Waals surface area contributed by atoms with Gasteiger partial charge in [0.25, 0.3) is 0 Å². The van der Waals surface area contributed by atoms with Crippen LogP contribution in [0.25, 0.3) is 0 Å². The third kappa shape index (κ3) is 5.01. The number of nitrogens with one attached hydrogen (secondary N) is 2. The molecule has 0 spiro atoms. The number of amides is 2. The second-order valence-corrected chi connectivity index (χ2v) is 7.27. The summed E-state index contributed by atoms with van der Waals surface area (Å²) in [5, 5.41) is 24.4. The molecule has 0 aromatic rings. The van der Waals surface area contributed by atoms with Crippen LogP contribution in [-0.2, 0) is 9.59 Å². The van der Waals surface area contributed by atoms with Gasteiger partial charge < -0.3 is 10.6 Å². The van der Waals surface area contributed by atoms with Crippen molar-refractivity contribution in [2.24, 2.45) is 11.3 Å². The van der Waals surface area contributed by atoms with E-state index in [4.69, 9.17) is 5.26 Å². The van der Waals surface area contributed by atoms with Gasteiger partial charge in [0, 0.05) is 12.0 Å². The molecule has 0 fully saturated rings. The first-order valence-electron chi connectivity index (χ1n) is 8.13. The number of carbonyl (C=O) groups is 2. The summed E-state index contributed by atoms with van der Waals surface area (Å²) < 4.78 is 0. The van der Waals surface area contributed by atoms with Crippen molar-refractivity contribution in [2.75, 3.05) is 12.3 Å². The topological polar surface area (TPSA) is 106 Å². The quantitative estimate of drug-likeness (QED) is 0.655. The summed E-state index contributed by atoms with van der Waals surface area (Å²) in [6, 6.07) is 4.03. The summed E-state index contributed by atoms with van der Waals surface area (Å²) in [5.41, 5.74) is -0.528. The van der Waals surface area contributed by atoms with E-state index in [2.05, 4.69) is 23.6 Å². The Morgan fingerprint density at radius 3 is 2.62 bits per heavy atom. The molecule has 0 radical (unpaired) electrons. The first-order valence-corrected chi connectivity index (χ1v) is 9.11. The number of nitriles is 2. The number of nitrogens with zero attached hydrogens (tertiary/aromatic N) is 2. The highest BCUT2D eigenvalue weighted by Crippen LogP contribution is 2.41. The van der Waals surface area contributed by atoms with Gasteiger partial charge in [0.2, 0.25) is 11.8 Å². The molecule has 6 nitrogen and oxygen atoms in total. The van der Waals surface area contributed by atoms with E-state index in [-0.39, 0.29) is 11.7 Å². The van der Waals surface area contributed by atoms with E-state index in [0.717, 1.165) is 37.4 Å². The lowest BCUT2D eigenvalue weighted by Gasteiger charge is -2.34. The highest BCUT2D eigenvalue weighted by molar-refractivity contribution is 8.03. The summed E-state index contributed by atoms with van der Waals surface area (Å²) in [5.74, 6) is -1.34. The molecule has 1 aliphatic rings. The fourth-order valence-electron chi connectivity index (χ4n) is 2.50. The van der Waals surface area contributed by atoms with E-state index in [1.807, 2.05) is 6.07 Å². The van der Waals surface area contributed by atoms with Gasteiger partial charge in [0.1, 0.15) is 5.92 Å². The van der Waals surface area contributed by atoms with Crippen LogP contribution in [0, 0.1) is 34.0 Å². The Morgan fingerprint density at radius 1 is 1.33 bits per heavy atom. The molecule has 0 bridgehead atoms. The monoisotopic (exact) mass is 348 g/mol. The van der Waals surface area contributed by atoms with Crippen LogP contribution in [0.1, 0.15) is 46.5 Å². The fourth-order valence-corrected chi connectivity index (χ4v) is 3.51. The van der Waals surface area contributed by atoms with Gasteiger partial charge in [-0.15, -0.1) is 0 Å². The molecule has 130 valence electrons. The third-order valence-electron chi connectivity index (χ3n) is 4.03. The average Bonchev–Trinajstić information content (AvgIpc) is 2.52. The number of hydrogen-bond acceptors (Lipinski definition) is 5. The zero-order valence-electron chi connectivity index (χ0n) is 14.4. The smallest absolute Gasteiger partial charge is 0.243 e. The normalized spacial score (nSPS) is 19.2. The van der Waals surface area contributed by atoms with Crippen LogP contribution in [0.5, 0.6) is 0 Å². The number of rotatable bonds is 8. The van der Waals surface area contributed by atoms with Crippen LogP contribution in [0.3, 0.4) is 0 Å². The molecule has 0 aliphatic carbocycles. The van der Waals surface area contributed by atoms with E-state index < -0.39 is 17.2 Å². The van der Waals surface area contributed by atoms with Crippen LogP contribution in [0.15, 0.2) is 10.6 Å². The molecular formula is C17H24N4O2S. The Bertz CT molecular complexity index is 599. The summed E-state index contributed by atoms with van der Waals surface area (Å²) >= 11 is 1.13. The number of thioether (sulfide) groups is 1. The van der Waals surface area contributed by atoms with Crippen molar-refractivity contribution in [3.63, 3.8) is 0 Å². The van der Waals surface area contributed by atoms with Crippen LogP contribution in [-0.4, -0.2) is 24.1 Å². The van der Waals surface area contributed by atoms with E-state index in [9.17, 15) is 14.9 Å². The average molecular weight is 348 g/mol. The standard InChI is InChI=1S/C17H24N4O2S/c1-4-5-6-7-8-20-14(22)11-24-16-13(10-19)17(2,3)12(9-18)15(23)21-16/h12H,4-8,11H2,1-3H3,(H,20,22)(H,21,23)/t12-/m1/s1. The molecule has 2 N–H and O–H groups in total. The van der Waals surface area contributed by atoms with E-state index in [1.165, 1.54) is 0 Å². The van der Waals surface area contributed by atoms with Gasteiger partial charge in [0.15, 0.2) is 0 Å². The second kappa shape index (κ2) is 9.34. The van der Waals surface area contributed by atoms with E-state index >= 15 is 0 Å². The van der Waals surface area contributed by atoms with Gasteiger partial charge in [-0.25, -0.2) is 0 Å². The Kier molecular flexibility index (Phi) is 7.81. The predicted molar refractivity (Wildman–Crippen MR) is 93.3 cm³/mol. The van der Waals surface area contributed by atoms with Crippen LogP contribution < -0.4 is 10.6 Å². The van der Waals surface area contributed by atoms with Gasteiger partial charge in [-0.05, 0) is 6.42 Å². The molecule has 0 aromatic carbocycles. The molecule has 1 atom stereocenters. The Balaban J connectivity index is 2.64. The highest BCUT2D eigenvalue weighted by atomic mass is 32.2.